The highest BCUT2D eigenvalue weighted by atomic mass is 32.2. The summed E-state index contributed by atoms with van der Waals surface area (Å²) in [7, 11) is 0. The third kappa shape index (κ3) is 5.20. The maximum absolute atomic E-state index is 13.0. The normalized spacial score (nSPS) is 19.2. The first-order valence-electron chi connectivity index (χ1n) is 10.9. The number of ether oxygens (including phenoxy) is 1. The van der Waals surface area contributed by atoms with E-state index >= 15 is 0 Å². The van der Waals surface area contributed by atoms with E-state index in [1.54, 1.807) is 11.9 Å². The van der Waals surface area contributed by atoms with Crippen LogP contribution >= 0.6 is 34.9 Å². The topological polar surface area (TPSA) is 100 Å². The van der Waals surface area contributed by atoms with Crippen molar-refractivity contribution in [3.63, 3.8) is 0 Å². The number of carbonyl (C=O) groups is 3. The van der Waals surface area contributed by atoms with Crippen molar-refractivity contribution in [2.45, 2.75) is 64.0 Å². The second kappa shape index (κ2) is 10.4. The molecule has 1 aliphatic carbocycles. The molecule has 0 unspecified atom stereocenters. The molecule has 8 nitrogen and oxygen atoms in total. The molecule has 1 N–H and O–H groups in total. The Morgan fingerprint density at radius 2 is 2.03 bits per heavy atom. The van der Waals surface area contributed by atoms with Crippen LogP contribution in [0, 0.1) is 0 Å². The minimum absolute atomic E-state index is 0.133. The molecular formula is C21H26N4O4S3. The van der Waals surface area contributed by atoms with Gasteiger partial charge in [-0.2, -0.15) is 10.1 Å². The van der Waals surface area contributed by atoms with Gasteiger partial charge >= 0.3 is 5.97 Å². The smallest absolute Gasteiger partial charge is 0.341 e. The number of hydrogen-bond donors (Lipinski definition) is 1. The lowest BCUT2D eigenvalue weighted by molar-refractivity contribution is -0.118. The predicted octanol–water partition coefficient (Wildman–Crippen LogP) is 4.25. The van der Waals surface area contributed by atoms with Crippen molar-refractivity contribution < 1.29 is 19.1 Å². The van der Waals surface area contributed by atoms with Crippen LogP contribution in [0.5, 0.6) is 0 Å². The lowest BCUT2D eigenvalue weighted by Crippen LogP contribution is -2.24. The van der Waals surface area contributed by atoms with E-state index < -0.39 is 5.25 Å². The highest BCUT2D eigenvalue weighted by Crippen LogP contribution is 2.39. The third-order valence-corrected chi connectivity index (χ3v) is 8.70. The molecule has 0 aromatic carbocycles. The zero-order valence-corrected chi connectivity index (χ0v) is 20.6. The minimum Gasteiger partial charge on any atom is -0.462 e. The maximum Gasteiger partial charge on any atom is 0.341 e. The Morgan fingerprint density at radius 1 is 1.22 bits per heavy atom. The van der Waals surface area contributed by atoms with Gasteiger partial charge < -0.3 is 10.1 Å². The molecule has 1 aromatic rings. The van der Waals surface area contributed by atoms with Gasteiger partial charge in [-0.25, -0.2) is 9.80 Å². The zero-order chi connectivity index (χ0) is 22.7. The van der Waals surface area contributed by atoms with Crippen LogP contribution in [0.2, 0.25) is 0 Å². The number of fused-ring (bicyclic) bond motifs is 2. The number of amides is 2. The molecule has 0 saturated carbocycles. The lowest BCUT2D eigenvalue weighted by Gasteiger charge is -2.12. The fraction of sp³-hybridized carbons (Fsp3) is 0.571. The molecular weight excluding hydrogens is 468 g/mol. The summed E-state index contributed by atoms with van der Waals surface area (Å²) in [6, 6.07) is 0. The molecule has 1 aromatic heterocycles. The highest BCUT2D eigenvalue weighted by molar-refractivity contribution is 8.45. The number of esters is 1. The Labute approximate surface area is 199 Å². The van der Waals surface area contributed by atoms with Crippen LogP contribution in [0.1, 0.15) is 66.8 Å². The molecule has 0 bridgehead atoms. The first-order chi connectivity index (χ1) is 15.5. The molecule has 0 radical (unpaired) electrons. The molecule has 0 saturated heterocycles. The number of thiophene rings is 1. The van der Waals surface area contributed by atoms with E-state index in [1.165, 1.54) is 39.7 Å². The maximum atomic E-state index is 13.0. The van der Waals surface area contributed by atoms with Gasteiger partial charge in [-0.05, 0) is 63.3 Å². The summed E-state index contributed by atoms with van der Waals surface area (Å²) in [6.07, 6.45) is 6.19. The molecule has 3 heterocycles. The van der Waals surface area contributed by atoms with E-state index in [2.05, 4.69) is 15.4 Å². The number of hydrazone groups is 1. The van der Waals surface area contributed by atoms with Gasteiger partial charge in [0.2, 0.25) is 11.8 Å². The molecule has 4 rings (SSSR count). The number of aryl methyl sites for hydroxylation is 1. The molecule has 0 spiro atoms. The van der Waals surface area contributed by atoms with Gasteiger partial charge in [0.15, 0.2) is 9.54 Å². The summed E-state index contributed by atoms with van der Waals surface area (Å²) in [5, 5.41) is 9.95. The summed E-state index contributed by atoms with van der Waals surface area (Å²) < 4.78 is 5.99. The third-order valence-electron chi connectivity index (χ3n) is 5.37. The first-order valence-corrected chi connectivity index (χ1v) is 13.4. The van der Waals surface area contributed by atoms with E-state index in [1.807, 2.05) is 6.92 Å². The predicted molar refractivity (Wildman–Crippen MR) is 131 cm³/mol. The molecule has 0 fully saturated rings. The zero-order valence-electron chi connectivity index (χ0n) is 18.1. The van der Waals surface area contributed by atoms with Crippen molar-refractivity contribution in [3.05, 3.63) is 16.0 Å². The fourth-order valence-corrected chi connectivity index (χ4v) is 7.20. The number of nitrogens with zero attached hydrogens (tertiary/aromatic N) is 3. The number of amidine groups is 1. The van der Waals surface area contributed by atoms with Gasteiger partial charge in [0.25, 0.3) is 0 Å². The number of thioether (sulfide) groups is 2. The van der Waals surface area contributed by atoms with Crippen LogP contribution < -0.4 is 5.32 Å². The number of aliphatic imine (C=N–C) groups is 1. The van der Waals surface area contributed by atoms with Crippen molar-refractivity contribution in [3.8, 4) is 0 Å². The summed E-state index contributed by atoms with van der Waals surface area (Å²) in [5.74, 6) is -0.694. The van der Waals surface area contributed by atoms with E-state index in [-0.39, 0.29) is 17.8 Å². The van der Waals surface area contributed by atoms with Crippen LogP contribution in [0.4, 0.5) is 5.00 Å². The van der Waals surface area contributed by atoms with Crippen LogP contribution in [0.25, 0.3) is 0 Å². The molecule has 1 atom stereocenters. The second-order valence-corrected chi connectivity index (χ2v) is 11.4. The van der Waals surface area contributed by atoms with Crippen LogP contribution in [0.3, 0.4) is 0 Å². The van der Waals surface area contributed by atoms with Crippen molar-refractivity contribution in [1.29, 1.82) is 0 Å². The Hall–Kier alpha value is -1.85. The van der Waals surface area contributed by atoms with Gasteiger partial charge in [-0.3, -0.25) is 9.59 Å². The van der Waals surface area contributed by atoms with E-state index in [0.717, 1.165) is 37.7 Å². The molecule has 172 valence electrons. The molecule has 11 heteroatoms. The molecule has 2 amide bonds. The van der Waals surface area contributed by atoms with Crippen LogP contribution in [0.15, 0.2) is 10.1 Å². The number of rotatable bonds is 5. The van der Waals surface area contributed by atoms with Gasteiger partial charge in [0, 0.05) is 17.8 Å². The summed E-state index contributed by atoms with van der Waals surface area (Å²) in [4.78, 5) is 42.7. The highest BCUT2D eigenvalue weighted by Gasteiger charge is 2.31. The summed E-state index contributed by atoms with van der Waals surface area (Å²) in [5.41, 5.74) is 1.56. The van der Waals surface area contributed by atoms with E-state index in [9.17, 15) is 14.4 Å². The lowest BCUT2D eigenvalue weighted by atomic mass is 10.1. The number of hydrogen-bond acceptors (Lipinski definition) is 9. The first kappa shape index (κ1) is 23.3. The van der Waals surface area contributed by atoms with Gasteiger partial charge in [0.1, 0.15) is 5.00 Å². The van der Waals surface area contributed by atoms with Crippen molar-refractivity contribution >= 4 is 67.2 Å². The van der Waals surface area contributed by atoms with Gasteiger partial charge in [0.05, 0.1) is 17.4 Å². The van der Waals surface area contributed by atoms with Gasteiger partial charge in [-0.15, -0.1) is 11.3 Å². The monoisotopic (exact) mass is 494 g/mol. The Morgan fingerprint density at radius 3 is 2.84 bits per heavy atom. The van der Waals surface area contributed by atoms with Crippen molar-refractivity contribution in [2.75, 3.05) is 18.5 Å². The second-order valence-electron chi connectivity index (χ2n) is 7.72. The van der Waals surface area contributed by atoms with E-state index in [0.29, 0.717) is 46.1 Å². The Bertz CT molecular complexity index is 988. The fourth-order valence-electron chi connectivity index (χ4n) is 3.78. The van der Waals surface area contributed by atoms with Crippen LogP contribution in [-0.2, 0) is 27.2 Å². The Kier molecular flexibility index (Phi) is 7.57. The summed E-state index contributed by atoms with van der Waals surface area (Å²) in [6.45, 7) is 4.53. The number of nitrogens with one attached hydrogen (secondary N) is 1. The average molecular weight is 495 g/mol. The minimum atomic E-state index is -0.432. The SMILES string of the molecule is CCOC(=O)c1c(NC(=O)[C@H](C)SC2=NN3CCCC(=O)N=C3S2)sc2c1CCCCC2. The number of carbonyl (C=O) groups excluding carboxylic acids is 3. The van der Waals surface area contributed by atoms with Crippen molar-refractivity contribution in [2.24, 2.45) is 10.1 Å². The average Bonchev–Trinajstić information content (AvgIpc) is 3.11. The largest absolute Gasteiger partial charge is 0.462 e. The van der Waals surface area contributed by atoms with Crippen LogP contribution in [-0.4, -0.2) is 50.7 Å². The standard InChI is InChI=1S/C21H26N4O4S3/c1-3-29-19(28)16-13-8-5-4-6-9-14(13)31-18(16)23-17(27)12(2)30-21-24-25-11-7-10-15(26)22-20(25)32-21/h12H,3-11H2,1-2H3,(H,23,27)/t12-/m0/s1. The molecule has 2 aliphatic heterocycles. The number of anilines is 1. The summed E-state index contributed by atoms with van der Waals surface area (Å²) >= 11 is 4.14. The quantitative estimate of drug-likeness (QED) is 0.482. The van der Waals surface area contributed by atoms with Crippen molar-refractivity contribution in [1.82, 2.24) is 5.01 Å². The Balaban J connectivity index is 1.47. The molecule has 3 aliphatic rings. The molecule has 32 heavy (non-hydrogen) atoms. The van der Waals surface area contributed by atoms with Gasteiger partial charge in [-0.1, -0.05) is 18.2 Å². The van der Waals surface area contributed by atoms with E-state index in [4.69, 9.17) is 4.74 Å².